The third-order valence-corrected chi connectivity index (χ3v) is 6.14. The maximum atomic E-state index is 10.7. The van der Waals surface area contributed by atoms with Crippen LogP contribution >= 0.6 is 45.2 Å². The number of methoxy groups -OCH3 is 1. The van der Waals surface area contributed by atoms with Crippen molar-refractivity contribution in [1.82, 2.24) is 4.57 Å². The van der Waals surface area contributed by atoms with Crippen molar-refractivity contribution in [2.75, 3.05) is 19.0 Å². The number of halogens is 2. The average Bonchev–Trinajstić information content (AvgIpc) is 2.99. The summed E-state index contributed by atoms with van der Waals surface area (Å²) in [6.07, 6.45) is -0.524. The Morgan fingerprint density at radius 1 is 0.964 bits per heavy atom. The molecule has 1 atom stereocenters. The minimum absolute atomic E-state index is 0.461. The number of nitrogens with zero attached hydrogens (tertiary/aromatic N) is 1. The monoisotopic (exact) mass is 598 g/mol. The van der Waals surface area contributed by atoms with Crippen LogP contribution in [0.4, 0.5) is 5.69 Å². The van der Waals surface area contributed by atoms with Crippen molar-refractivity contribution in [3.8, 4) is 5.75 Å². The third-order valence-electron chi connectivity index (χ3n) is 4.79. The Morgan fingerprint density at radius 2 is 1.61 bits per heavy atom. The van der Waals surface area contributed by atoms with Crippen molar-refractivity contribution < 1.29 is 9.84 Å². The molecule has 28 heavy (non-hydrogen) atoms. The second-order valence-electron chi connectivity index (χ2n) is 6.70. The number of nitrogens with one attached hydrogen (secondary N) is 1. The molecule has 0 saturated heterocycles. The van der Waals surface area contributed by atoms with E-state index in [9.17, 15) is 5.11 Å². The van der Waals surface area contributed by atoms with Crippen molar-refractivity contribution >= 4 is 72.7 Å². The van der Waals surface area contributed by atoms with Crippen LogP contribution in [-0.4, -0.2) is 29.4 Å². The fourth-order valence-electron chi connectivity index (χ4n) is 3.49. The number of rotatable bonds is 6. The molecule has 0 fully saturated rings. The van der Waals surface area contributed by atoms with E-state index in [1.807, 2.05) is 24.3 Å². The zero-order valence-electron chi connectivity index (χ0n) is 15.3. The van der Waals surface area contributed by atoms with Gasteiger partial charge in [0.05, 0.1) is 19.8 Å². The molecule has 0 unspecified atom stereocenters. The Kier molecular flexibility index (Phi) is 5.98. The van der Waals surface area contributed by atoms with Gasteiger partial charge in [0.25, 0.3) is 0 Å². The highest BCUT2D eigenvalue weighted by molar-refractivity contribution is 14.1. The van der Waals surface area contributed by atoms with Gasteiger partial charge in [-0.05, 0) is 93.7 Å². The minimum atomic E-state index is -0.524. The zero-order valence-corrected chi connectivity index (χ0v) is 19.6. The molecule has 0 aliphatic rings. The van der Waals surface area contributed by atoms with Crippen LogP contribution in [0.15, 0.2) is 60.7 Å². The second kappa shape index (κ2) is 8.46. The van der Waals surface area contributed by atoms with Crippen LogP contribution in [0.1, 0.15) is 0 Å². The lowest BCUT2D eigenvalue weighted by Gasteiger charge is -2.16. The quantitative estimate of drug-likeness (QED) is 0.289. The van der Waals surface area contributed by atoms with Crippen LogP contribution in [0, 0.1) is 7.14 Å². The smallest absolute Gasteiger partial charge is 0.120 e. The Balaban J connectivity index is 1.61. The van der Waals surface area contributed by atoms with Gasteiger partial charge in [-0.25, -0.2) is 0 Å². The van der Waals surface area contributed by atoms with Crippen LogP contribution < -0.4 is 10.1 Å². The Morgan fingerprint density at radius 3 is 2.21 bits per heavy atom. The Labute approximate surface area is 191 Å². The number of aliphatic hydroxyl groups excluding tert-OH is 1. The summed E-state index contributed by atoms with van der Waals surface area (Å²) in [5, 5.41) is 16.5. The summed E-state index contributed by atoms with van der Waals surface area (Å²) in [6.45, 7) is 0.987. The molecule has 144 valence electrons. The molecule has 4 aromatic rings. The van der Waals surface area contributed by atoms with Gasteiger partial charge < -0.3 is 19.7 Å². The summed E-state index contributed by atoms with van der Waals surface area (Å²) >= 11 is 4.70. The summed E-state index contributed by atoms with van der Waals surface area (Å²) in [5.74, 6) is 0.797. The summed E-state index contributed by atoms with van der Waals surface area (Å²) in [4.78, 5) is 0. The fourth-order valence-corrected chi connectivity index (χ4v) is 4.47. The van der Waals surface area contributed by atoms with Crippen molar-refractivity contribution in [2.24, 2.45) is 0 Å². The number of hydrogen-bond acceptors (Lipinski definition) is 3. The number of hydrogen-bond donors (Lipinski definition) is 2. The number of aromatic nitrogens is 1. The summed E-state index contributed by atoms with van der Waals surface area (Å²) in [6, 6.07) is 20.7. The molecule has 0 radical (unpaired) electrons. The average molecular weight is 598 g/mol. The lowest BCUT2D eigenvalue weighted by atomic mass is 10.2. The van der Waals surface area contributed by atoms with Gasteiger partial charge in [-0.3, -0.25) is 0 Å². The number of anilines is 1. The molecule has 4 rings (SSSR count). The molecule has 0 aliphatic heterocycles. The fraction of sp³-hybridized carbons (Fsp3) is 0.182. The SMILES string of the molecule is COc1cccc(NC[C@H](O)Cn2c3ccc(I)cc3c3cc(I)ccc32)c1. The molecule has 0 amide bonds. The standard InChI is InChI=1S/C22H20I2N2O2/c1-28-18-4-2-3-16(11-18)25-12-17(27)13-26-21-7-5-14(23)9-19(21)20-10-15(24)6-8-22(20)26/h2-11,17,25,27H,12-13H2,1H3/t17-/m0/s1. The van der Waals surface area contributed by atoms with Crippen LogP contribution in [0.3, 0.4) is 0 Å². The molecule has 2 N–H and O–H groups in total. The molecular formula is C22H20I2N2O2. The van der Waals surface area contributed by atoms with Gasteiger partial charge in [0.2, 0.25) is 0 Å². The van der Waals surface area contributed by atoms with Gasteiger partial charge in [-0.1, -0.05) is 6.07 Å². The van der Waals surface area contributed by atoms with Crippen LogP contribution in [0.25, 0.3) is 21.8 Å². The van der Waals surface area contributed by atoms with Gasteiger partial charge in [0.1, 0.15) is 5.75 Å². The third kappa shape index (κ3) is 4.08. The number of fused-ring (bicyclic) bond motifs is 3. The number of benzene rings is 3. The topological polar surface area (TPSA) is 46.4 Å². The lowest BCUT2D eigenvalue weighted by Crippen LogP contribution is -2.24. The first-order valence-corrected chi connectivity index (χ1v) is 11.1. The largest absolute Gasteiger partial charge is 0.497 e. The van der Waals surface area contributed by atoms with Crippen LogP contribution in [0.5, 0.6) is 5.75 Å². The summed E-state index contributed by atoms with van der Waals surface area (Å²) in [5.41, 5.74) is 3.24. The van der Waals surface area contributed by atoms with E-state index in [4.69, 9.17) is 4.74 Å². The molecule has 0 bridgehead atoms. The first-order valence-electron chi connectivity index (χ1n) is 8.98. The first kappa shape index (κ1) is 19.8. The normalized spacial score (nSPS) is 12.4. The first-order chi connectivity index (χ1) is 13.5. The maximum Gasteiger partial charge on any atom is 0.120 e. The van der Waals surface area contributed by atoms with E-state index in [-0.39, 0.29) is 0 Å². The van der Waals surface area contributed by atoms with E-state index in [0.29, 0.717) is 13.1 Å². The molecule has 4 nitrogen and oxygen atoms in total. The zero-order chi connectivity index (χ0) is 19.7. The van der Waals surface area contributed by atoms with E-state index in [2.05, 4.69) is 91.5 Å². The minimum Gasteiger partial charge on any atom is -0.497 e. The van der Waals surface area contributed by atoms with E-state index < -0.39 is 6.10 Å². The Bertz CT molecular complexity index is 1080. The highest BCUT2D eigenvalue weighted by Crippen LogP contribution is 2.31. The predicted octanol–water partition coefficient (Wildman–Crippen LogP) is 5.49. The van der Waals surface area contributed by atoms with E-state index in [0.717, 1.165) is 22.5 Å². The van der Waals surface area contributed by atoms with E-state index in [1.54, 1.807) is 7.11 Å². The molecule has 1 heterocycles. The molecule has 0 aliphatic carbocycles. The van der Waals surface area contributed by atoms with Gasteiger partial charge in [-0.2, -0.15) is 0 Å². The highest BCUT2D eigenvalue weighted by Gasteiger charge is 2.14. The lowest BCUT2D eigenvalue weighted by molar-refractivity contribution is 0.169. The van der Waals surface area contributed by atoms with Crippen molar-refractivity contribution in [3.05, 3.63) is 67.8 Å². The highest BCUT2D eigenvalue weighted by atomic mass is 127. The molecule has 6 heteroatoms. The van der Waals surface area contributed by atoms with Crippen molar-refractivity contribution in [3.63, 3.8) is 0 Å². The van der Waals surface area contributed by atoms with Crippen molar-refractivity contribution in [1.29, 1.82) is 0 Å². The molecule has 0 spiro atoms. The summed E-state index contributed by atoms with van der Waals surface area (Å²) in [7, 11) is 1.65. The predicted molar refractivity (Wildman–Crippen MR) is 132 cm³/mol. The van der Waals surface area contributed by atoms with E-state index in [1.165, 1.54) is 17.9 Å². The number of ether oxygens (including phenoxy) is 1. The van der Waals surface area contributed by atoms with Crippen molar-refractivity contribution in [2.45, 2.75) is 12.6 Å². The molecule has 0 saturated carbocycles. The summed E-state index contributed by atoms with van der Waals surface area (Å²) < 4.78 is 9.89. The number of aliphatic hydroxyl groups is 1. The molecular weight excluding hydrogens is 578 g/mol. The van der Waals surface area contributed by atoms with Crippen LogP contribution in [0.2, 0.25) is 0 Å². The van der Waals surface area contributed by atoms with Gasteiger partial charge in [0.15, 0.2) is 0 Å². The van der Waals surface area contributed by atoms with Crippen LogP contribution in [-0.2, 0) is 6.54 Å². The maximum absolute atomic E-state index is 10.7. The van der Waals surface area contributed by atoms with Gasteiger partial charge >= 0.3 is 0 Å². The molecule has 1 aromatic heterocycles. The Hall–Kier alpha value is -1.52. The molecule has 3 aromatic carbocycles. The van der Waals surface area contributed by atoms with E-state index >= 15 is 0 Å². The van der Waals surface area contributed by atoms with Gasteiger partial charge in [0, 0.05) is 47.2 Å². The van der Waals surface area contributed by atoms with Gasteiger partial charge in [-0.15, -0.1) is 0 Å². The second-order valence-corrected chi connectivity index (χ2v) is 9.19.